The standard InChI is InChI=1S/C32H27Cl2N3O4/c1-21-7-8-22(2)37(21)26-11-13-27(14-12-26)39-20-28-15-16-31(41-28)32(38)36-35-18-23-5-3-4-6-30(23)40-19-24-9-10-25(33)17-29(24)34/h3-18H,19-20H2,1-2H3,(H,36,38)/b35-18+. The van der Waals surface area contributed by atoms with Crippen molar-refractivity contribution in [2.24, 2.45) is 5.10 Å². The summed E-state index contributed by atoms with van der Waals surface area (Å²) in [5, 5.41) is 5.15. The second-order valence-corrected chi connectivity index (χ2v) is 10.1. The first kappa shape index (κ1) is 28.1. The quantitative estimate of drug-likeness (QED) is 0.133. The average Bonchev–Trinajstić information content (AvgIpc) is 3.58. The molecule has 0 bridgehead atoms. The molecule has 0 aliphatic carbocycles. The van der Waals surface area contributed by atoms with Gasteiger partial charge in [0.15, 0.2) is 5.76 Å². The maximum Gasteiger partial charge on any atom is 0.307 e. The minimum Gasteiger partial charge on any atom is -0.488 e. The van der Waals surface area contributed by atoms with E-state index in [1.807, 2.05) is 54.6 Å². The third-order valence-corrected chi connectivity index (χ3v) is 6.91. The first-order valence-corrected chi connectivity index (χ1v) is 13.6. The molecule has 5 aromatic rings. The van der Waals surface area contributed by atoms with Crippen molar-refractivity contribution in [3.05, 3.63) is 135 Å². The number of benzene rings is 3. The van der Waals surface area contributed by atoms with Crippen LogP contribution in [0.1, 0.15) is 38.8 Å². The van der Waals surface area contributed by atoms with Gasteiger partial charge in [-0.1, -0.05) is 41.4 Å². The summed E-state index contributed by atoms with van der Waals surface area (Å²) >= 11 is 12.2. The molecule has 0 saturated heterocycles. The maximum atomic E-state index is 12.6. The molecular formula is C32H27Cl2N3O4. The number of hydrazone groups is 1. The second kappa shape index (κ2) is 12.8. The number of carbonyl (C=O) groups excluding carboxylic acids is 1. The number of para-hydroxylation sites is 1. The van der Waals surface area contributed by atoms with E-state index in [9.17, 15) is 4.79 Å². The fourth-order valence-corrected chi connectivity index (χ4v) is 4.69. The summed E-state index contributed by atoms with van der Waals surface area (Å²) in [5.74, 6) is 1.43. The lowest BCUT2D eigenvalue weighted by Crippen LogP contribution is -2.16. The van der Waals surface area contributed by atoms with Crippen LogP contribution in [0.2, 0.25) is 10.0 Å². The molecule has 2 heterocycles. The summed E-state index contributed by atoms with van der Waals surface area (Å²) in [6, 6.07) is 27.8. The number of furan rings is 1. The van der Waals surface area contributed by atoms with Crippen LogP contribution in [0, 0.1) is 13.8 Å². The van der Waals surface area contributed by atoms with Crippen LogP contribution in [-0.4, -0.2) is 16.7 Å². The number of ether oxygens (including phenoxy) is 2. The molecule has 9 heteroatoms. The summed E-state index contributed by atoms with van der Waals surface area (Å²) in [6.07, 6.45) is 1.50. The molecule has 7 nitrogen and oxygen atoms in total. The van der Waals surface area contributed by atoms with Crippen molar-refractivity contribution in [2.75, 3.05) is 0 Å². The highest BCUT2D eigenvalue weighted by Crippen LogP contribution is 2.24. The molecule has 0 spiro atoms. The van der Waals surface area contributed by atoms with Gasteiger partial charge in [-0.15, -0.1) is 0 Å². The highest BCUT2D eigenvalue weighted by Gasteiger charge is 2.12. The number of hydrogen-bond acceptors (Lipinski definition) is 5. The lowest BCUT2D eigenvalue weighted by atomic mass is 10.2. The summed E-state index contributed by atoms with van der Waals surface area (Å²) in [7, 11) is 0. The first-order chi connectivity index (χ1) is 19.9. The Hall–Kier alpha value is -4.46. The maximum absolute atomic E-state index is 12.6. The fraction of sp³-hybridized carbons (Fsp3) is 0.125. The number of hydrogen-bond donors (Lipinski definition) is 1. The third-order valence-electron chi connectivity index (χ3n) is 6.32. The SMILES string of the molecule is Cc1ccc(C)n1-c1ccc(OCc2ccc(C(=O)N/N=C/c3ccccc3OCc3ccc(Cl)cc3Cl)o2)cc1. The largest absolute Gasteiger partial charge is 0.488 e. The number of nitrogens with zero attached hydrogens (tertiary/aromatic N) is 2. The number of carbonyl (C=O) groups is 1. The Morgan fingerprint density at radius 1 is 0.902 bits per heavy atom. The van der Waals surface area contributed by atoms with Gasteiger partial charge in [0.2, 0.25) is 0 Å². The molecule has 1 N–H and O–H groups in total. The van der Waals surface area contributed by atoms with Gasteiger partial charge in [0.1, 0.15) is 30.5 Å². The average molecular weight is 588 g/mol. The van der Waals surface area contributed by atoms with Crippen LogP contribution in [0.4, 0.5) is 0 Å². The van der Waals surface area contributed by atoms with E-state index in [1.165, 1.54) is 17.6 Å². The molecule has 41 heavy (non-hydrogen) atoms. The van der Waals surface area contributed by atoms with Gasteiger partial charge in [0.05, 0.1) is 6.21 Å². The zero-order valence-corrected chi connectivity index (χ0v) is 23.9. The highest BCUT2D eigenvalue weighted by atomic mass is 35.5. The minimum absolute atomic E-state index is 0.122. The van der Waals surface area contributed by atoms with Gasteiger partial charge in [0.25, 0.3) is 0 Å². The summed E-state index contributed by atoms with van der Waals surface area (Å²) in [4.78, 5) is 12.6. The predicted molar refractivity (Wildman–Crippen MR) is 161 cm³/mol. The van der Waals surface area contributed by atoms with E-state index in [0.717, 1.165) is 11.3 Å². The smallest absolute Gasteiger partial charge is 0.307 e. The number of aryl methyl sites for hydroxylation is 2. The monoisotopic (exact) mass is 587 g/mol. The van der Waals surface area contributed by atoms with Gasteiger partial charge in [-0.25, -0.2) is 5.43 Å². The Balaban J connectivity index is 1.14. The topological polar surface area (TPSA) is 78.0 Å². The van der Waals surface area contributed by atoms with E-state index < -0.39 is 5.91 Å². The molecule has 1 amide bonds. The van der Waals surface area contributed by atoms with Gasteiger partial charge in [-0.2, -0.15) is 5.10 Å². The number of nitrogens with one attached hydrogen (secondary N) is 1. The van der Waals surface area contributed by atoms with Crippen molar-refractivity contribution in [2.45, 2.75) is 27.1 Å². The van der Waals surface area contributed by atoms with E-state index in [-0.39, 0.29) is 19.0 Å². The van der Waals surface area contributed by atoms with Gasteiger partial charge in [0, 0.05) is 38.2 Å². The Morgan fingerprint density at radius 2 is 1.66 bits per heavy atom. The van der Waals surface area contributed by atoms with Crippen LogP contribution in [0.3, 0.4) is 0 Å². The lowest BCUT2D eigenvalue weighted by molar-refractivity contribution is 0.0923. The van der Waals surface area contributed by atoms with Crippen molar-refractivity contribution >= 4 is 35.3 Å². The normalized spacial score (nSPS) is 11.1. The zero-order valence-electron chi connectivity index (χ0n) is 22.4. The third kappa shape index (κ3) is 7.01. The molecule has 208 valence electrons. The Labute approximate surface area is 247 Å². The molecule has 0 radical (unpaired) electrons. The molecule has 0 fully saturated rings. The van der Waals surface area contributed by atoms with E-state index in [1.54, 1.807) is 24.3 Å². The van der Waals surface area contributed by atoms with Crippen LogP contribution in [0.5, 0.6) is 11.5 Å². The van der Waals surface area contributed by atoms with Crippen LogP contribution in [-0.2, 0) is 13.2 Å². The second-order valence-electron chi connectivity index (χ2n) is 9.26. The van der Waals surface area contributed by atoms with Gasteiger partial charge in [-0.05, 0) is 86.6 Å². The zero-order chi connectivity index (χ0) is 28.8. The van der Waals surface area contributed by atoms with Gasteiger partial charge >= 0.3 is 5.91 Å². The Kier molecular flexibility index (Phi) is 8.77. The fourth-order valence-electron chi connectivity index (χ4n) is 4.23. The van der Waals surface area contributed by atoms with Gasteiger partial charge < -0.3 is 18.5 Å². The van der Waals surface area contributed by atoms with E-state index in [0.29, 0.717) is 32.9 Å². The van der Waals surface area contributed by atoms with Crippen LogP contribution in [0.15, 0.2) is 101 Å². The minimum atomic E-state index is -0.485. The number of aromatic nitrogens is 1. The molecule has 3 aromatic carbocycles. The molecule has 0 unspecified atom stereocenters. The summed E-state index contributed by atoms with van der Waals surface area (Å²) in [6.45, 7) is 4.57. The van der Waals surface area contributed by atoms with Crippen LogP contribution in [0.25, 0.3) is 5.69 Å². The van der Waals surface area contributed by atoms with Crippen molar-refractivity contribution < 1.29 is 18.7 Å². The van der Waals surface area contributed by atoms with Crippen molar-refractivity contribution in [1.29, 1.82) is 0 Å². The van der Waals surface area contributed by atoms with E-state index >= 15 is 0 Å². The lowest BCUT2D eigenvalue weighted by Gasteiger charge is -2.10. The highest BCUT2D eigenvalue weighted by molar-refractivity contribution is 6.35. The number of rotatable bonds is 10. The summed E-state index contributed by atoms with van der Waals surface area (Å²) < 4.78 is 19.6. The van der Waals surface area contributed by atoms with Gasteiger partial charge in [-0.3, -0.25) is 4.79 Å². The van der Waals surface area contributed by atoms with Crippen molar-refractivity contribution in [1.82, 2.24) is 9.99 Å². The number of halogens is 2. The van der Waals surface area contributed by atoms with Crippen LogP contribution < -0.4 is 14.9 Å². The molecule has 0 aliphatic heterocycles. The van der Waals surface area contributed by atoms with E-state index in [4.69, 9.17) is 37.1 Å². The van der Waals surface area contributed by atoms with E-state index in [2.05, 4.69) is 41.1 Å². The molecule has 5 rings (SSSR count). The Bertz CT molecular complexity index is 1670. The molecule has 0 saturated carbocycles. The molecule has 0 aliphatic rings. The van der Waals surface area contributed by atoms with Crippen molar-refractivity contribution in [3.8, 4) is 17.2 Å². The molecule has 0 atom stereocenters. The Morgan fingerprint density at radius 3 is 2.41 bits per heavy atom. The van der Waals surface area contributed by atoms with Crippen LogP contribution >= 0.6 is 23.2 Å². The summed E-state index contributed by atoms with van der Waals surface area (Å²) in [5.41, 5.74) is 7.36. The van der Waals surface area contributed by atoms with Crippen molar-refractivity contribution in [3.63, 3.8) is 0 Å². The predicted octanol–water partition coefficient (Wildman–Crippen LogP) is 7.92. The number of amides is 1. The molecule has 2 aromatic heterocycles. The first-order valence-electron chi connectivity index (χ1n) is 12.8. The molecular weight excluding hydrogens is 561 g/mol.